The number of amides is 1. The molecule has 1 atom stereocenters. The molecule has 0 saturated heterocycles. The first-order chi connectivity index (χ1) is 13.7. The Balaban J connectivity index is 1.97. The van der Waals surface area contributed by atoms with E-state index in [0.717, 1.165) is 17.0 Å². The van der Waals surface area contributed by atoms with Crippen LogP contribution in [0.25, 0.3) is 5.65 Å². The lowest BCUT2D eigenvalue weighted by molar-refractivity contribution is -0.117. The summed E-state index contributed by atoms with van der Waals surface area (Å²) in [4.78, 5) is 26.2. The molecular weight excluding hydrogens is 382 g/mol. The highest BCUT2D eigenvalue weighted by Crippen LogP contribution is 2.42. The molecule has 1 aromatic carbocycles. The van der Waals surface area contributed by atoms with Gasteiger partial charge in [-0.15, -0.1) is 10.2 Å². The summed E-state index contributed by atoms with van der Waals surface area (Å²) in [5.41, 5.74) is 1.21. The summed E-state index contributed by atoms with van der Waals surface area (Å²) in [6, 6.07) is 3.25. The van der Waals surface area contributed by atoms with Crippen molar-refractivity contribution in [2.75, 3.05) is 4.90 Å². The van der Waals surface area contributed by atoms with Gasteiger partial charge in [0.2, 0.25) is 0 Å². The summed E-state index contributed by atoms with van der Waals surface area (Å²) in [7, 11) is 0. The molecule has 1 aliphatic heterocycles. The molecule has 7 nitrogen and oxygen atoms in total. The summed E-state index contributed by atoms with van der Waals surface area (Å²) in [5.74, 6) is -3.37. The van der Waals surface area contributed by atoms with Gasteiger partial charge in [-0.3, -0.25) is 18.9 Å². The number of carbonyl (C=O) groups is 2. The van der Waals surface area contributed by atoms with E-state index >= 15 is 0 Å². The van der Waals surface area contributed by atoms with Gasteiger partial charge in [-0.25, -0.2) is 8.78 Å². The number of carbonyl (C=O) groups excluding carboxylic acids is 2. The van der Waals surface area contributed by atoms with Crippen LogP contribution >= 0.6 is 0 Å². The number of benzene rings is 1. The molecule has 1 aliphatic rings. The Hall–Kier alpha value is -3.62. The van der Waals surface area contributed by atoms with Crippen LogP contribution in [-0.4, -0.2) is 31.4 Å². The third-order valence-corrected chi connectivity index (χ3v) is 4.97. The second-order valence-electron chi connectivity index (χ2n) is 6.88. The van der Waals surface area contributed by atoms with E-state index in [1.807, 2.05) is 0 Å². The third kappa shape index (κ3) is 2.77. The molecule has 4 rings (SSSR count). The molecule has 148 valence electrons. The highest BCUT2D eigenvalue weighted by molar-refractivity contribution is 6.16. The lowest BCUT2D eigenvalue weighted by Gasteiger charge is -2.27. The Bertz CT molecular complexity index is 1230. The quantitative estimate of drug-likeness (QED) is 0.733. The number of ketones is 1. The predicted octanol–water partition coefficient (Wildman–Crippen LogP) is 3.11. The van der Waals surface area contributed by atoms with Crippen LogP contribution in [0.1, 0.15) is 29.9 Å². The number of aryl methyl sites for hydroxylation is 2. The van der Waals surface area contributed by atoms with Gasteiger partial charge in [0.25, 0.3) is 5.91 Å². The summed E-state index contributed by atoms with van der Waals surface area (Å²) in [5, 5.41) is 18.4. The number of Topliss-reactive ketones (excluding diaryl/α,β-unsaturated/α-hetero) is 1. The zero-order chi connectivity index (χ0) is 21.0. The minimum atomic E-state index is -1.24. The van der Waals surface area contributed by atoms with Crippen LogP contribution in [0, 0.1) is 25.5 Å². The van der Waals surface area contributed by atoms with Gasteiger partial charge in [0, 0.05) is 17.8 Å². The fourth-order valence-electron chi connectivity index (χ4n) is 3.63. The Labute approximate surface area is 163 Å². The van der Waals surface area contributed by atoms with Gasteiger partial charge in [0.1, 0.15) is 17.5 Å². The fraction of sp³-hybridized carbons (Fsp3) is 0.200. The van der Waals surface area contributed by atoms with Gasteiger partial charge in [-0.05, 0) is 38.5 Å². The monoisotopic (exact) mass is 398 g/mol. The molecule has 9 heteroatoms. The molecule has 0 spiro atoms. The molecule has 0 fully saturated rings. The molecule has 1 N–H and O–H groups in total. The number of pyridine rings is 1. The number of nitrogens with zero attached hydrogens (tertiary/aromatic N) is 4. The number of aromatic nitrogens is 3. The van der Waals surface area contributed by atoms with Crippen LogP contribution in [0.15, 0.2) is 41.8 Å². The second kappa shape index (κ2) is 6.47. The van der Waals surface area contributed by atoms with Crippen molar-refractivity contribution >= 4 is 23.0 Å². The van der Waals surface area contributed by atoms with Crippen LogP contribution in [0.2, 0.25) is 0 Å². The topological polar surface area (TPSA) is 87.8 Å². The molecule has 1 unspecified atom stereocenters. The second-order valence-corrected chi connectivity index (χ2v) is 6.88. The normalized spacial score (nSPS) is 16.9. The Morgan fingerprint density at radius 1 is 1.17 bits per heavy atom. The summed E-state index contributed by atoms with van der Waals surface area (Å²) in [6.07, 6.45) is 1.57. The minimum absolute atomic E-state index is 0.104. The van der Waals surface area contributed by atoms with E-state index in [4.69, 9.17) is 0 Å². The van der Waals surface area contributed by atoms with Gasteiger partial charge >= 0.3 is 0 Å². The highest BCUT2D eigenvalue weighted by atomic mass is 19.1. The Kier molecular flexibility index (Phi) is 4.18. The average Bonchev–Trinajstić information content (AvgIpc) is 3.14. The Morgan fingerprint density at radius 3 is 2.55 bits per heavy atom. The SMILES string of the molecule is CC(=O)C1=C(O)C(=O)N(c2cc(C)c3nnc(C)n3c2)C1c1ccc(F)cc1F. The molecule has 3 aromatic rings. The minimum Gasteiger partial charge on any atom is -0.503 e. The van der Waals surface area contributed by atoms with E-state index in [1.54, 1.807) is 30.5 Å². The number of hydrogen-bond donors (Lipinski definition) is 1. The zero-order valence-corrected chi connectivity index (χ0v) is 15.8. The molecule has 0 saturated carbocycles. The predicted molar refractivity (Wildman–Crippen MR) is 99.4 cm³/mol. The largest absolute Gasteiger partial charge is 0.503 e. The maximum Gasteiger partial charge on any atom is 0.294 e. The standard InChI is InChI=1S/C20H16F2N4O3/c1-9-6-13(8-25-11(3)23-24-19(9)25)26-17(14-5-4-12(21)7-15(14)22)16(10(2)27)18(28)20(26)29/h4-8,17,28H,1-3H3. The smallest absolute Gasteiger partial charge is 0.294 e. The van der Waals surface area contributed by atoms with Crippen molar-refractivity contribution in [1.29, 1.82) is 0 Å². The summed E-state index contributed by atoms with van der Waals surface area (Å²) in [6.45, 7) is 4.66. The van der Waals surface area contributed by atoms with Crippen LogP contribution in [0.3, 0.4) is 0 Å². The van der Waals surface area contributed by atoms with Gasteiger partial charge in [-0.1, -0.05) is 6.07 Å². The van der Waals surface area contributed by atoms with E-state index in [9.17, 15) is 23.5 Å². The van der Waals surface area contributed by atoms with Crippen LogP contribution in [0.4, 0.5) is 14.5 Å². The number of aliphatic hydroxyl groups excluding tert-OH is 1. The molecule has 0 radical (unpaired) electrons. The molecule has 0 aliphatic carbocycles. The number of hydrogen-bond acceptors (Lipinski definition) is 5. The zero-order valence-electron chi connectivity index (χ0n) is 15.8. The van der Waals surface area contributed by atoms with E-state index in [-0.39, 0.29) is 11.1 Å². The fourth-order valence-corrected chi connectivity index (χ4v) is 3.63. The first kappa shape index (κ1) is 18.7. The number of aliphatic hydroxyl groups is 1. The number of halogens is 2. The Morgan fingerprint density at radius 2 is 1.90 bits per heavy atom. The lowest BCUT2D eigenvalue weighted by atomic mass is 9.96. The number of rotatable bonds is 3. The van der Waals surface area contributed by atoms with E-state index in [1.165, 1.54) is 6.92 Å². The van der Waals surface area contributed by atoms with Crippen molar-refractivity contribution in [2.24, 2.45) is 0 Å². The van der Waals surface area contributed by atoms with Gasteiger partial charge in [0.05, 0.1) is 17.3 Å². The highest BCUT2D eigenvalue weighted by Gasteiger charge is 2.44. The first-order valence-electron chi connectivity index (χ1n) is 8.75. The lowest BCUT2D eigenvalue weighted by Crippen LogP contribution is -2.31. The van der Waals surface area contributed by atoms with E-state index in [2.05, 4.69) is 10.2 Å². The average molecular weight is 398 g/mol. The van der Waals surface area contributed by atoms with Crippen molar-refractivity contribution in [3.63, 3.8) is 0 Å². The summed E-state index contributed by atoms with van der Waals surface area (Å²) >= 11 is 0. The number of fused-ring (bicyclic) bond motifs is 1. The van der Waals surface area contributed by atoms with Crippen molar-refractivity contribution in [1.82, 2.24) is 14.6 Å². The number of anilines is 1. The van der Waals surface area contributed by atoms with Crippen molar-refractivity contribution in [2.45, 2.75) is 26.8 Å². The molecule has 2 aromatic heterocycles. The molecule has 29 heavy (non-hydrogen) atoms. The van der Waals surface area contributed by atoms with Crippen LogP contribution < -0.4 is 4.90 Å². The van der Waals surface area contributed by atoms with Gasteiger partial charge in [-0.2, -0.15) is 0 Å². The molecule has 3 heterocycles. The maximum atomic E-state index is 14.6. The molecule has 0 bridgehead atoms. The van der Waals surface area contributed by atoms with Crippen molar-refractivity contribution < 1.29 is 23.5 Å². The maximum absolute atomic E-state index is 14.6. The van der Waals surface area contributed by atoms with Crippen molar-refractivity contribution in [3.05, 3.63) is 70.4 Å². The van der Waals surface area contributed by atoms with E-state index < -0.39 is 35.1 Å². The first-order valence-corrected chi connectivity index (χ1v) is 8.75. The van der Waals surface area contributed by atoms with Gasteiger partial charge in [0.15, 0.2) is 17.2 Å². The van der Waals surface area contributed by atoms with Crippen LogP contribution in [0.5, 0.6) is 0 Å². The molecule has 1 amide bonds. The van der Waals surface area contributed by atoms with E-state index in [0.29, 0.717) is 28.8 Å². The molecular formula is C20H16F2N4O3. The summed E-state index contributed by atoms with van der Waals surface area (Å²) < 4.78 is 29.7. The van der Waals surface area contributed by atoms with Gasteiger partial charge < -0.3 is 5.11 Å². The van der Waals surface area contributed by atoms with Crippen LogP contribution in [-0.2, 0) is 9.59 Å². The van der Waals surface area contributed by atoms with Crippen molar-refractivity contribution in [3.8, 4) is 0 Å². The third-order valence-electron chi connectivity index (χ3n) is 4.97.